The molecule has 0 aromatic carbocycles. The lowest BCUT2D eigenvalue weighted by molar-refractivity contribution is -0.117. The summed E-state index contributed by atoms with van der Waals surface area (Å²) in [5, 5.41) is 7.30. The molecular weight excluding hydrogens is 290 g/mol. The molecule has 2 nitrogen and oxygen atoms in total. The van der Waals surface area contributed by atoms with E-state index in [2.05, 4.69) is 10.7 Å². The van der Waals surface area contributed by atoms with Crippen molar-refractivity contribution in [3.05, 3.63) is 28.5 Å². The Balaban J connectivity index is 1.77. The van der Waals surface area contributed by atoms with Crippen molar-refractivity contribution in [1.82, 2.24) is 5.32 Å². The minimum atomic E-state index is 0.0586. The Morgan fingerprint density at radius 2 is 1.59 bits per heavy atom. The first-order chi connectivity index (χ1) is 10.8. The number of carbonyl (C=O) groups is 1. The van der Waals surface area contributed by atoms with Crippen molar-refractivity contribution < 1.29 is 4.79 Å². The molecule has 1 aliphatic rings. The zero-order valence-corrected chi connectivity index (χ0v) is 14.4. The summed E-state index contributed by atoms with van der Waals surface area (Å²) in [7, 11) is 0. The Kier molecular flexibility index (Phi) is 8.32. The molecule has 1 N–H and O–H groups in total. The van der Waals surface area contributed by atoms with Crippen LogP contribution < -0.4 is 5.32 Å². The summed E-state index contributed by atoms with van der Waals surface area (Å²) in [5.41, 5.74) is 1.11. The van der Waals surface area contributed by atoms with Gasteiger partial charge in [-0.3, -0.25) is 4.79 Å². The summed E-state index contributed by atoms with van der Waals surface area (Å²) < 4.78 is 0. The summed E-state index contributed by atoms with van der Waals surface area (Å²) in [6.07, 6.45) is 17.9. The molecule has 0 unspecified atom stereocenters. The van der Waals surface area contributed by atoms with Crippen LogP contribution in [0.25, 0.3) is 6.08 Å². The summed E-state index contributed by atoms with van der Waals surface area (Å²) in [6, 6.07) is 2.39. The highest BCUT2D eigenvalue weighted by atomic mass is 32.1. The number of nitrogens with one attached hydrogen (secondary N) is 1. The van der Waals surface area contributed by atoms with Crippen LogP contribution in [0.1, 0.15) is 76.2 Å². The minimum absolute atomic E-state index is 0.0586. The van der Waals surface area contributed by atoms with E-state index in [-0.39, 0.29) is 5.91 Å². The highest BCUT2D eigenvalue weighted by molar-refractivity contribution is 7.08. The lowest BCUT2D eigenvalue weighted by atomic mass is 9.98. The number of hydrogen-bond donors (Lipinski definition) is 1. The maximum absolute atomic E-state index is 12.1. The van der Waals surface area contributed by atoms with Gasteiger partial charge in [0, 0.05) is 12.1 Å². The van der Waals surface area contributed by atoms with Crippen LogP contribution in [-0.4, -0.2) is 11.9 Å². The second-order valence-corrected chi connectivity index (χ2v) is 7.13. The van der Waals surface area contributed by atoms with Crippen LogP contribution in [0.4, 0.5) is 0 Å². The molecule has 1 aromatic rings. The molecule has 0 radical (unpaired) electrons. The normalized spacial score (nSPS) is 19.5. The first kappa shape index (κ1) is 17.3. The Morgan fingerprint density at radius 3 is 2.14 bits per heavy atom. The van der Waals surface area contributed by atoms with Gasteiger partial charge in [0.25, 0.3) is 0 Å². The summed E-state index contributed by atoms with van der Waals surface area (Å²) in [4.78, 5) is 12.1. The highest BCUT2D eigenvalue weighted by Crippen LogP contribution is 2.17. The average molecular weight is 320 g/mol. The fraction of sp³-hybridized carbons (Fsp3) is 0.632. The molecule has 1 fully saturated rings. The smallest absolute Gasteiger partial charge is 0.244 e. The molecule has 1 aromatic heterocycles. The molecule has 1 amide bonds. The molecule has 0 spiro atoms. The first-order valence-corrected chi connectivity index (χ1v) is 9.79. The molecule has 0 atom stereocenters. The van der Waals surface area contributed by atoms with Crippen molar-refractivity contribution in [3.63, 3.8) is 0 Å². The number of thiophene rings is 1. The fourth-order valence-electron chi connectivity index (χ4n) is 3.10. The third-order valence-electron chi connectivity index (χ3n) is 4.42. The lowest BCUT2D eigenvalue weighted by Gasteiger charge is -2.18. The largest absolute Gasteiger partial charge is 0.350 e. The van der Waals surface area contributed by atoms with Gasteiger partial charge in [-0.2, -0.15) is 11.3 Å². The maximum atomic E-state index is 12.1. The van der Waals surface area contributed by atoms with E-state index >= 15 is 0 Å². The van der Waals surface area contributed by atoms with Crippen LogP contribution in [0.5, 0.6) is 0 Å². The van der Waals surface area contributed by atoms with Crippen molar-refractivity contribution in [1.29, 1.82) is 0 Å². The second-order valence-electron chi connectivity index (χ2n) is 6.35. The van der Waals surface area contributed by atoms with Gasteiger partial charge in [0.1, 0.15) is 0 Å². The number of amides is 1. The van der Waals surface area contributed by atoms with Crippen LogP contribution in [0.15, 0.2) is 22.9 Å². The second kappa shape index (κ2) is 10.6. The SMILES string of the molecule is O=C(/C=C/c1ccsc1)NC1CCCCCCCCCCC1. The molecule has 0 bridgehead atoms. The van der Waals surface area contributed by atoms with Gasteiger partial charge in [-0.1, -0.05) is 57.8 Å². The summed E-state index contributed by atoms with van der Waals surface area (Å²) >= 11 is 1.66. The van der Waals surface area contributed by atoms with Crippen molar-refractivity contribution in [2.24, 2.45) is 0 Å². The zero-order valence-electron chi connectivity index (χ0n) is 13.6. The predicted molar refractivity (Wildman–Crippen MR) is 96.1 cm³/mol. The van der Waals surface area contributed by atoms with Crippen LogP contribution in [0.2, 0.25) is 0 Å². The average Bonchev–Trinajstić information content (AvgIpc) is 3.01. The van der Waals surface area contributed by atoms with Crippen LogP contribution in [0, 0.1) is 0 Å². The van der Waals surface area contributed by atoms with Crippen LogP contribution >= 0.6 is 11.3 Å². The third-order valence-corrected chi connectivity index (χ3v) is 5.12. The highest BCUT2D eigenvalue weighted by Gasteiger charge is 2.11. The maximum Gasteiger partial charge on any atom is 0.244 e. The van der Waals surface area contributed by atoms with Gasteiger partial charge in [0.05, 0.1) is 0 Å². The van der Waals surface area contributed by atoms with Gasteiger partial charge in [0.15, 0.2) is 0 Å². The molecule has 1 aliphatic carbocycles. The Bertz CT molecular complexity index is 426. The molecule has 22 heavy (non-hydrogen) atoms. The molecule has 1 heterocycles. The van der Waals surface area contributed by atoms with Gasteiger partial charge in [-0.05, 0) is 41.3 Å². The van der Waals surface area contributed by atoms with Crippen LogP contribution in [0.3, 0.4) is 0 Å². The van der Waals surface area contributed by atoms with E-state index in [1.54, 1.807) is 17.4 Å². The quantitative estimate of drug-likeness (QED) is 0.727. The zero-order chi connectivity index (χ0) is 15.5. The molecule has 3 heteroatoms. The minimum Gasteiger partial charge on any atom is -0.350 e. The third kappa shape index (κ3) is 7.26. The predicted octanol–water partition coefficient (Wildman–Crippen LogP) is 5.55. The monoisotopic (exact) mass is 319 g/mol. The van der Waals surface area contributed by atoms with Crippen molar-refractivity contribution in [2.75, 3.05) is 0 Å². The van der Waals surface area contributed by atoms with E-state index in [1.807, 2.05) is 17.5 Å². The van der Waals surface area contributed by atoms with E-state index in [4.69, 9.17) is 0 Å². The van der Waals surface area contributed by atoms with Crippen molar-refractivity contribution in [3.8, 4) is 0 Å². The summed E-state index contributed by atoms with van der Waals surface area (Å²) in [5.74, 6) is 0.0586. The fourth-order valence-corrected chi connectivity index (χ4v) is 3.73. The van der Waals surface area contributed by atoms with E-state index in [0.717, 1.165) is 18.4 Å². The van der Waals surface area contributed by atoms with E-state index in [9.17, 15) is 4.79 Å². The van der Waals surface area contributed by atoms with E-state index in [0.29, 0.717) is 6.04 Å². The number of rotatable bonds is 3. The van der Waals surface area contributed by atoms with Crippen LogP contribution in [-0.2, 0) is 4.79 Å². The van der Waals surface area contributed by atoms with E-state index < -0.39 is 0 Å². The Morgan fingerprint density at radius 1 is 1.00 bits per heavy atom. The molecule has 1 saturated carbocycles. The summed E-state index contributed by atoms with van der Waals surface area (Å²) in [6.45, 7) is 0. The van der Waals surface area contributed by atoms with Gasteiger partial charge in [-0.25, -0.2) is 0 Å². The topological polar surface area (TPSA) is 29.1 Å². The number of carbonyl (C=O) groups excluding carboxylic acids is 1. The molecular formula is C19H29NOS. The standard InChI is InChI=1S/C19H29NOS/c21-19(13-12-17-14-15-22-16-17)20-18-10-8-6-4-2-1-3-5-7-9-11-18/h12-16,18H,1-11H2,(H,20,21)/b13-12+. The first-order valence-electron chi connectivity index (χ1n) is 8.85. The lowest BCUT2D eigenvalue weighted by Crippen LogP contribution is -2.33. The van der Waals surface area contributed by atoms with Gasteiger partial charge >= 0.3 is 0 Å². The van der Waals surface area contributed by atoms with Crippen molar-refractivity contribution in [2.45, 2.75) is 76.7 Å². The molecule has 122 valence electrons. The Hall–Kier alpha value is -1.09. The van der Waals surface area contributed by atoms with Gasteiger partial charge in [-0.15, -0.1) is 0 Å². The number of hydrogen-bond acceptors (Lipinski definition) is 2. The van der Waals surface area contributed by atoms with Gasteiger partial charge < -0.3 is 5.32 Å². The Labute approximate surface area is 139 Å². The van der Waals surface area contributed by atoms with Crippen molar-refractivity contribution >= 4 is 23.3 Å². The molecule has 0 aliphatic heterocycles. The molecule has 0 saturated heterocycles. The molecule has 2 rings (SSSR count). The van der Waals surface area contributed by atoms with E-state index in [1.165, 1.54) is 57.8 Å². The van der Waals surface area contributed by atoms with Gasteiger partial charge in [0.2, 0.25) is 5.91 Å².